The maximum absolute atomic E-state index is 13.1. The maximum Gasteiger partial charge on any atom is 0.328 e. The molecule has 0 saturated heterocycles. The molecule has 0 aliphatic carbocycles. The predicted molar refractivity (Wildman–Crippen MR) is 138 cm³/mol. The number of aryl methyl sites for hydroxylation is 1. The minimum Gasteiger partial charge on any atom is -0.480 e. The smallest absolute Gasteiger partial charge is 0.328 e. The number of hydrogen-bond donors (Lipinski definition) is 5. The second-order valence-corrected chi connectivity index (χ2v) is 10.6. The minimum absolute atomic E-state index is 0.0312. The van der Waals surface area contributed by atoms with Crippen LogP contribution in [0.25, 0.3) is 0 Å². The molecule has 0 spiro atoms. The Bertz CT molecular complexity index is 1190. The molecule has 6 N–H and O–H groups in total. The van der Waals surface area contributed by atoms with Crippen LogP contribution in [0.15, 0.2) is 59.5 Å². The number of rotatable bonds is 15. The van der Waals surface area contributed by atoms with Crippen molar-refractivity contribution in [2.24, 2.45) is 5.73 Å². The summed E-state index contributed by atoms with van der Waals surface area (Å²) in [6, 6.07) is 14.0. The molecule has 2 rings (SSSR count). The molecule has 0 fully saturated rings. The molecule has 0 aliphatic rings. The predicted octanol–water partition coefficient (Wildman–Crippen LogP) is 1.23. The summed E-state index contributed by atoms with van der Waals surface area (Å²) in [6.45, 7) is 0.271. The second kappa shape index (κ2) is 14.1. The van der Waals surface area contributed by atoms with Gasteiger partial charge in [0.25, 0.3) is 0 Å². The Morgan fingerprint density at radius 1 is 1.05 bits per heavy atom. The summed E-state index contributed by atoms with van der Waals surface area (Å²) in [6.07, 6.45) is 1.56. The lowest BCUT2D eigenvalue weighted by Gasteiger charge is -2.29. The summed E-state index contributed by atoms with van der Waals surface area (Å²) >= 11 is 0. The maximum atomic E-state index is 13.1. The van der Waals surface area contributed by atoms with Gasteiger partial charge in [-0.05, 0) is 42.5 Å². The minimum atomic E-state index is -3.38. The molecule has 0 heterocycles. The second-order valence-electron chi connectivity index (χ2n) is 8.55. The molecule has 37 heavy (non-hydrogen) atoms. The number of benzene rings is 2. The van der Waals surface area contributed by atoms with Crippen LogP contribution in [-0.4, -0.2) is 61.0 Å². The number of carbonyl (C=O) groups excluding carboxylic acids is 2. The van der Waals surface area contributed by atoms with Gasteiger partial charge in [0, 0.05) is 25.8 Å². The lowest BCUT2D eigenvalue weighted by Crippen LogP contribution is -2.53. The summed E-state index contributed by atoms with van der Waals surface area (Å²) in [7, 11) is -3.38. The van der Waals surface area contributed by atoms with Crippen molar-refractivity contribution >= 4 is 33.5 Å². The molecule has 2 aromatic carbocycles. The normalized spacial score (nSPS) is 11.9. The van der Waals surface area contributed by atoms with Gasteiger partial charge in [-0.25, -0.2) is 18.6 Å². The highest BCUT2D eigenvalue weighted by Crippen LogP contribution is 2.13. The SMILES string of the molecule is CS(=O)(=O)c1ccc(CNN(C(=O)CC(=O)CCc2ccccc2)[C@@H](CCCNC(=N)N)C(=O)O)cc1. The van der Waals surface area contributed by atoms with Crippen LogP contribution in [0.3, 0.4) is 0 Å². The van der Waals surface area contributed by atoms with Crippen molar-refractivity contribution in [3.63, 3.8) is 0 Å². The van der Waals surface area contributed by atoms with Crippen LogP contribution in [0, 0.1) is 5.41 Å². The first kappa shape index (κ1) is 29.5. The van der Waals surface area contributed by atoms with E-state index in [4.69, 9.17) is 11.1 Å². The van der Waals surface area contributed by atoms with Gasteiger partial charge in [-0.3, -0.25) is 20.0 Å². The van der Waals surface area contributed by atoms with Gasteiger partial charge in [0.2, 0.25) is 5.91 Å². The molecule has 200 valence electrons. The van der Waals surface area contributed by atoms with Gasteiger partial charge in [0.15, 0.2) is 15.8 Å². The largest absolute Gasteiger partial charge is 0.480 e. The van der Waals surface area contributed by atoms with E-state index in [1.807, 2.05) is 30.3 Å². The number of hydrogen-bond acceptors (Lipinski definition) is 7. The van der Waals surface area contributed by atoms with Crippen LogP contribution in [-0.2, 0) is 37.2 Å². The third kappa shape index (κ3) is 10.4. The van der Waals surface area contributed by atoms with E-state index < -0.39 is 34.2 Å². The number of nitrogens with two attached hydrogens (primary N) is 1. The molecule has 2 aromatic rings. The van der Waals surface area contributed by atoms with E-state index in [0.29, 0.717) is 18.4 Å². The summed E-state index contributed by atoms with van der Waals surface area (Å²) < 4.78 is 23.4. The van der Waals surface area contributed by atoms with Crippen LogP contribution in [0.1, 0.15) is 36.8 Å². The molecule has 0 bridgehead atoms. The van der Waals surface area contributed by atoms with Crippen molar-refractivity contribution in [3.8, 4) is 0 Å². The number of guanidine groups is 1. The Labute approximate surface area is 216 Å². The number of carboxylic acids is 1. The van der Waals surface area contributed by atoms with Crippen molar-refractivity contribution in [3.05, 3.63) is 65.7 Å². The standard InChI is InChI=1S/C25H33N5O6S/c1-37(35,36)21-13-10-19(11-14-21)17-29-30(22(24(33)34)8-5-15-28-25(26)27)23(32)16-20(31)12-9-18-6-3-2-4-7-18/h2-4,6-7,10-11,13-14,22,29H,5,8-9,12,15-17H2,1H3,(H,33,34)(H4,26,27,28)/t22-/m0/s1. The Morgan fingerprint density at radius 3 is 2.27 bits per heavy atom. The zero-order chi connectivity index (χ0) is 27.4. The van der Waals surface area contributed by atoms with E-state index >= 15 is 0 Å². The fourth-order valence-electron chi connectivity index (χ4n) is 3.56. The molecule has 0 unspecified atom stereocenters. The van der Waals surface area contributed by atoms with Gasteiger partial charge >= 0.3 is 5.97 Å². The summed E-state index contributed by atoms with van der Waals surface area (Å²) in [5.41, 5.74) is 9.64. The van der Waals surface area contributed by atoms with Gasteiger partial charge in [0.1, 0.15) is 11.8 Å². The lowest BCUT2D eigenvalue weighted by atomic mass is 10.1. The zero-order valence-corrected chi connectivity index (χ0v) is 21.5. The van der Waals surface area contributed by atoms with Gasteiger partial charge in [-0.15, -0.1) is 0 Å². The zero-order valence-electron chi connectivity index (χ0n) is 20.6. The third-order valence-corrected chi connectivity index (χ3v) is 6.65. The van der Waals surface area contributed by atoms with E-state index in [2.05, 4.69) is 10.7 Å². The van der Waals surface area contributed by atoms with Crippen molar-refractivity contribution < 1.29 is 27.9 Å². The quantitative estimate of drug-likeness (QED) is 0.0742. The van der Waals surface area contributed by atoms with Crippen LogP contribution in [0.4, 0.5) is 0 Å². The van der Waals surface area contributed by atoms with Crippen LogP contribution >= 0.6 is 0 Å². The first-order valence-corrected chi connectivity index (χ1v) is 13.6. The number of hydrazine groups is 1. The molecule has 0 aromatic heterocycles. The Kier molecular flexibility index (Phi) is 11.2. The topological polar surface area (TPSA) is 183 Å². The third-order valence-electron chi connectivity index (χ3n) is 5.52. The van der Waals surface area contributed by atoms with Crippen LogP contribution in [0.5, 0.6) is 0 Å². The average Bonchev–Trinajstić information content (AvgIpc) is 2.84. The van der Waals surface area contributed by atoms with Gasteiger partial charge in [0.05, 0.1) is 11.3 Å². The van der Waals surface area contributed by atoms with Gasteiger partial charge < -0.3 is 16.2 Å². The van der Waals surface area contributed by atoms with E-state index in [-0.39, 0.29) is 42.6 Å². The highest BCUT2D eigenvalue weighted by atomic mass is 32.2. The molecule has 12 heteroatoms. The highest BCUT2D eigenvalue weighted by molar-refractivity contribution is 7.90. The molecular weight excluding hydrogens is 498 g/mol. The van der Waals surface area contributed by atoms with Crippen molar-refractivity contribution in [2.45, 2.75) is 49.6 Å². The number of amides is 1. The monoisotopic (exact) mass is 531 g/mol. The van der Waals surface area contributed by atoms with Crippen molar-refractivity contribution in [1.82, 2.24) is 15.8 Å². The summed E-state index contributed by atoms with van der Waals surface area (Å²) in [5.74, 6) is -2.51. The number of ketones is 1. The number of aliphatic carboxylic acids is 1. The molecular formula is C25H33N5O6S. The molecule has 0 saturated carbocycles. The average molecular weight is 532 g/mol. The van der Waals surface area contributed by atoms with Crippen molar-refractivity contribution in [2.75, 3.05) is 12.8 Å². The number of carboxylic acid groups (broad SMARTS) is 1. The first-order chi connectivity index (χ1) is 17.5. The van der Waals surface area contributed by atoms with Crippen molar-refractivity contribution in [1.29, 1.82) is 5.41 Å². The van der Waals surface area contributed by atoms with Crippen LogP contribution < -0.4 is 16.5 Å². The summed E-state index contributed by atoms with van der Waals surface area (Å²) in [5, 5.41) is 20.6. The van der Waals surface area contributed by atoms with Crippen LogP contribution in [0.2, 0.25) is 0 Å². The Morgan fingerprint density at radius 2 is 1.70 bits per heavy atom. The molecule has 0 radical (unpaired) electrons. The number of nitrogens with one attached hydrogen (secondary N) is 3. The molecule has 1 amide bonds. The summed E-state index contributed by atoms with van der Waals surface area (Å²) in [4.78, 5) is 37.8. The molecule has 11 nitrogen and oxygen atoms in total. The first-order valence-electron chi connectivity index (χ1n) is 11.7. The fourth-order valence-corrected chi connectivity index (χ4v) is 4.19. The number of Topliss-reactive ketones (excluding diaryl/α,β-unsaturated/α-hetero) is 1. The number of sulfone groups is 1. The molecule has 1 atom stereocenters. The van der Waals surface area contributed by atoms with E-state index in [0.717, 1.165) is 16.8 Å². The van der Waals surface area contributed by atoms with E-state index in [9.17, 15) is 27.9 Å². The number of carbonyl (C=O) groups is 3. The lowest BCUT2D eigenvalue weighted by molar-refractivity contribution is -0.155. The fraction of sp³-hybridized carbons (Fsp3) is 0.360. The Hall–Kier alpha value is -3.77. The number of nitrogens with zero attached hydrogens (tertiary/aromatic N) is 1. The van der Waals surface area contributed by atoms with E-state index in [1.54, 1.807) is 12.1 Å². The van der Waals surface area contributed by atoms with E-state index in [1.165, 1.54) is 12.1 Å². The molecule has 0 aliphatic heterocycles. The van der Waals surface area contributed by atoms with Gasteiger partial charge in [-0.2, -0.15) is 0 Å². The highest BCUT2D eigenvalue weighted by Gasteiger charge is 2.30. The Balaban J connectivity index is 2.12. The van der Waals surface area contributed by atoms with Gasteiger partial charge in [-0.1, -0.05) is 42.5 Å².